The number of aryl methyl sites for hydroxylation is 1. The lowest BCUT2D eigenvalue weighted by molar-refractivity contribution is 1.19. The van der Waals surface area contributed by atoms with E-state index in [-0.39, 0.29) is 0 Å². The van der Waals surface area contributed by atoms with E-state index >= 15 is 0 Å². The number of hydrogen-bond acceptors (Lipinski definition) is 5. The van der Waals surface area contributed by atoms with Crippen LogP contribution in [0.15, 0.2) is 40.6 Å². The normalized spacial score (nSPS) is 11.0. The van der Waals surface area contributed by atoms with Gasteiger partial charge in [0.2, 0.25) is 0 Å². The molecule has 0 aliphatic carbocycles. The molecule has 4 nitrogen and oxygen atoms in total. The van der Waals surface area contributed by atoms with Crippen molar-refractivity contribution in [1.82, 2.24) is 4.98 Å². The Morgan fingerprint density at radius 3 is 2.53 bits per heavy atom. The van der Waals surface area contributed by atoms with Gasteiger partial charge in [-0.25, -0.2) is 4.98 Å². The van der Waals surface area contributed by atoms with E-state index in [1.807, 2.05) is 37.3 Å². The molecule has 0 atom stereocenters. The van der Waals surface area contributed by atoms with Crippen LogP contribution in [-0.2, 0) is 0 Å². The monoisotopic (exact) mass is 218 g/mol. The Kier molecular flexibility index (Phi) is 2.73. The number of nitrogens with two attached hydrogens (primary N) is 1. The second-order valence-corrected chi connectivity index (χ2v) is 3.99. The molecule has 0 spiro atoms. The summed E-state index contributed by atoms with van der Waals surface area (Å²) in [7, 11) is 0. The molecule has 76 valence electrons. The average molecular weight is 218 g/mol. The van der Waals surface area contributed by atoms with Gasteiger partial charge in [0.1, 0.15) is 0 Å². The summed E-state index contributed by atoms with van der Waals surface area (Å²) in [6.45, 7) is 1.87. The van der Waals surface area contributed by atoms with Crippen molar-refractivity contribution in [3.63, 3.8) is 0 Å². The lowest BCUT2D eigenvalue weighted by Gasteiger charge is -1.89. The zero-order chi connectivity index (χ0) is 10.7. The second-order valence-electron chi connectivity index (χ2n) is 2.98. The van der Waals surface area contributed by atoms with E-state index < -0.39 is 0 Å². The third-order valence-corrected chi connectivity index (χ3v) is 2.67. The molecule has 2 rings (SSSR count). The molecule has 0 saturated carbocycles. The minimum absolute atomic E-state index is 0.523. The molecule has 2 N–H and O–H groups in total. The Labute approximate surface area is 91.5 Å². The standard InChI is InChI=1S/C10H10N4S/c1-7-9(15-10(11)12-7)14-13-8-5-3-2-4-6-8/h2-6H,1H3,(H2,11,12). The third kappa shape index (κ3) is 2.38. The summed E-state index contributed by atoms with van der Waals surface area (Å²) in [5.41, 5.74) is 7.19. The fraction of sp³-hybridized carbons (Fsp3) is 0.100. The van der Waals surface area contributed by atoms with E-state index in [2.05, 4.69) is 15.2 Å². The number of anilines is 1. The van der Waals surface area contributed by atoms with Crippen molar-refractivity contribution >= 4 is 27.2 Å². The highest BCUT2D eigenvalue weighted by Gasteiger charge is 2.02. The van der Waals surface area contributed by atoms with Crippen LogP contribution < -0.4 is 5.73 Å². The van der Waals surface area contributed by atoms with Crippen molar-refractivity contribution in [1.29, 1.82) is 0 Å². The number of thiazole rings is 1. The van der Waals surface area contributed by atoms with E-state index in [1.54, 1.807) is 0 Å². The minimum atomic E-state index is 0.523. The molecule has 1 aromatic heterocycles. The average Bonchev–Trinajstić information content (AvgIpc) is 2.56. The number of nitrogen functional groups attached to an aromatic ring is 1. The summed E-state index contributed by atoms with van der Waals surface area (Å²) in [6, 6.07) is 9.56. The van der Waals surface area contributed by atoms with Gasteiger partial charge in [0.05, 0.1) is 11.4 Å². The maximum Gasteiger partial charge on any atom is 0.182 e. The number of rotatable bonds is 2. The molecule has 0 aliphatic rings. The number of aromatic nitrogens is 1. The highest BCUT2D eigenvalue weighted by Crippen LogP contribution is 2.29. The quantitative estimate of drug-likeness (QED) is 0.784. The van der Waals surface area contributed by atoms with Gasteiger partial charge >= 0.3 is 0 Å². The molecule has 15 heavy (non-hydrogen) atoms. The molecule has 0 aliphatic heterocycles. The zero-order valence-corrected chi connectivity index (χ0v) is 9.03. The summed E-state index contributed by atoms with van der Waals surface area (Å²) in [6.07, 6.45) is 0. The summed E-state index contributed by atoms with van der Waals surface area (Å²) in [5, 5.41) is 9.47. The largest absolute Gasteiger partial charge is 0.375 e. The van der Waals surface area contributed by atoms with Gasteiger partial charge in [-0.05, 0) is 19.1 Å². The molecule has 0 bridgehead atoms. The topological polar surface area (TPSA) is 63.6 Å². The Morgan fingerprint density at radius 1 is 1.20 bits per heavy atom. The van der Waals surface area contributed by atoms with Crippen LogP contribution in [0.4, 0.5) is 15.8 Å². The van der Waals surface area contributed by atoms with Crippen LogP contribution in [0.5, 0.6) is 0 Å². The molecule has 0 fully saturated rings. The fourth-order valence-corrected chi connectivity index (χ4v) is 1.76. The molecular formula is C10H10N4S. The van der Waals surface area contributed by atoms with E-state index in [4.69, 9.17) is 5.73 Å². The van der Waals surface area contributed by atoms with E-state index in [1.165, 1.54) is 11.3 Å². The van der Waals surface area contributed by atoms with Crippen LogP contribution in [0.25, 0.3) is 0 Å². The van der Waals surface area contributed by atoms with Gasteiger partial charge in [0, 0.05) is 0 Å². The summed E-state index contributed by atoms with van der Waals surface area (Å²) >= 11 is 1.34. The Morgan fingerprint density at radius 2 is 1.93 bits per heavy atom. The molecule has 0 unspecified atom stereocenters. The third-order valence-electron chi connectivity index (χ3n) is 1.80. The predicted octanol–water partition coefficient (Wildman–Crippen LogP) is 3.45. The SMILES string of the molecule is Cc1nc(N)sc1N=Nc1ccccc1. The first-order valence-electron chi connectivity index (χ1n) is 4.45. The highest BCUT2D eigenvalue weighted by molar-refractivity contribution is 7.19. The predicted molar refractivity (Wildman–Crippen MR) is 61.9 cm³/mol. The number of nitrogens with zero attached hydrogens (tertiary/aromatic N) is 3. The number of hydrogen-bond donors (Lipinski definition) is 1. The first-order valence-corrected chi connectivity index (χ1v) is 5.27. The van der Waals surface area contributed by atoms with Crippen molar-refractivity contribution in [3.05, 3.63) is 36.0 Å². The molecule has 0 saturated heterocycles. The van der Waals surface area contributed by atoms with E-state index in [0.29, 0.717) is 5.13 Å². The van der Waals surface area contributed by atoms with Gasteiger partial charge in [0.25, 0.3) is 0 Å². The highest BCUT2D eigenvalue weighted by atomic mass is 32.1. The van der Waals surface area contributed by atoms with Gasteiger partial charge in [0.15, 0.2) is 10.1 Å². The van der Waals surface area contributed by atoms with Gasteiger partial charge < -0.3 is 5.73 Å². The van der Waals surface area contributed by atoms with Crippen LogP contribution >= 0.6 is 11.3 Å². The van der Waals surface area contributed by atoms with Gasteiger partial charge in [-0.3, -0.25) is 0 Å². The summed E-state index contributed by atoms with van der Waals surface area (Å²) in [4.78, 5) is 4.07. The van der Waals surface area contributed by atoms with Crippen molar-refractivity contribution in [2.24, 2.45) is 10.2 Å². The Bertz CT molecular complexity index is 475. The van der Waals surface area contributed by atoms with Crippen molar-refractivity contribution in [3.8, 4) is 0 Å². The van der Waals surface area contributed by atoms with Crippen LogP contribution in [-0.4, -0.2) is 4.98 Å². The van der Waals surface area contributed by atoms with Gasteiger partial charge in [-0.2, -0.15) is 0 Å². The summed E-state index contributed by atoms with van der Waals surface area (Å²) in [5.74, 6) is 0. The molecule has 0 amide bonds. The Hall–Kier alpha value is -1.75. The molecular weight excluding hydrogens is 208 g/mol. The molecule has 5 heteroatoms. The molecule has 2 aromatic rings. The number of benzene rings is 1. The minimum Gasteiger partial charge on any atom is -0.375 e. The lowest BCUT2D eigenvalue weighted by atomic mass is 10.3. The first-order chi connectivity index (χ1) is 7.25. The first kappa shape index (κ1) is 9.79. The van der Waals surface area contributed by atoms with Gasteiger partial charge in [-0.1, -0.05) is 29.5 Å². The van der Waals surface area contributed by atoms with E-state index in [0.717, 1.165) is 16.4 Å². The van der Waals surface area contributed by atoms with Crippen molar-refractivity contribution < 1.29 is 0 Å². The second kappa shape index (κ2) is 4.18. The van der Waals surface area contributed by atoms with Crippen LogP contribution in [0.3, 0.4) is 0 Å². The van der Waals surface area contributed by atoms with Crippen LogP contribution in [0.2, 0.25) is 0 Å². The Balaban J connectivity index is 2.22. The lowest BCUT2D eigenvalue weighted by Crippen LogP contribution is -1.80. The van der Waals surface area contributed by atoms with Crippen LogP contribution in [0, 0.1) is 6.92 Å². The summed E-state index contributed by atoms with van der Waals surface area (Å²) < 4.78 is 0. The maximum absolute atomic E-state index is 5.55. The van der Waals surface area contributed by atoms with Gasteiger partial charge in [-0.15, -0.1) is 10.2 Å². The fourth-order valence-electron chi connectivity index (χ4n) is 1.10. The zero-order valence-electron chi connectivity index (χ0n) is 8.21. The smallest absolute Gasteiger partial charge is 0.182 e. The number of azo groups is 1. The van der Waals surface area contributed by atoms with Crippen molar-refractivity contribution in [2.75, 3.05) is 5.73 Å². The maximum atomic E-state index is 5.55. The molecule has 1 aromatic carbocycles. The van der Waals surface area contributed by atoms with Crippen molar-refractivity contribution in [2.45, 2.75) is 6.92 Å². The van der Waals surface area contributed by atoms with Crippen LogP contribution in [0.1, 0.15) is 5.69 Å². The molecule has 0 radical (unpaired) electrons. The van der Waals surface area contributed by atoms with E-state index in [9.17, 15) is 0 Å². The molecule has 1 heterocycles.